The third-order valence-electron chi connectivity index (χ3n) is 6.54. The number of phenolic OH excluding ortho intramolecular Hbond substituents is 4. The van der Waals surface area contributed by atoms with Crippen LogP contribution >= 0.6 is 23.5 Å². The van der Waals surface area contributed by atoms with E-state index in [9.17, 15) is 25.2 Å². The minimum absolute atomic E-state index is 0.175. The third-order valence-corrected chi connectivity index (χ3v) is 8.55. The molecule has 0 atom stereocenters. The van der Waals surface area contributed by atoms with Crippen molar-refractivity contribution in [1.29, 1.82) is 0 Å². The predicted molar refractivity (Wildman–Crippen MR) is 161 cm³/mol. The van der Waals surface area contributed by atoms with Gasteiger partial charge in [0.15, 0.2) is 23.0 Å². The van der Waals surface area contributed by atoms with Gasteiger partial charge in [-0.25, -0.2) is 9.97 Å². The van der Waals surface area contributed by atoms with Crippen LogP contribution in [0.1, 0.15) is 27.6 Å². The fourth-order valence-electron chi connectivity index (χ4n) is 4.42. The van der Waals surface area contributed by atoms with Crippen molar-refractivity contribution in [1.82, 2.24) is 19.9 Å². The summed E-state index contributed by atoms with van der Waals surface area (Å²) in [7, 11) is 0. The largest absolute Gasteiger partial charge is 0.504 e. The Morgan fingerprint density at radius 1 is 0.524 bits per heavy atom. The molecule has 6 rings (SSSR count). The van der Waals surface area contributed by atoms with E-state index in [0.717, 1.165) is 31.3 Å². The standard InChI is InChI=1S/C31H22N4O5S2/c36-25-11-17-1-3-21(9-19(17)13-27(25)38)41-15-23-29(34-7-5-32-23)31(40)30-24(33-6-8-35-30)16-42-22-4-2-18-12-26(37)28(39)14-20(18)10-22/h1-14,36-39H,15-16H2. The molecule has 208 valence electrons. The van der Waals surface area contributed by atoms with E-state index in [2.05, 4.69) is 19.9 Å². The van der Waals surface area contributed by atoms with Crippen LogP contribution in [0, 0.1) is 0 Å². The van der Waals surface area contributed by atoms with Gasteiger partial charge in [-0.15, -0.1) is 23.5 Å². The minimum Gasteiger partial charge on any atom is -0.504 e. The minimum atomic E-state index is -0.375. The topological polar surface area (TPSA) is 150 Å². The van der Waals surface area contributed by atoms with Crippen molar-refractivity contribution in [2.24, 2.45) is 0 Å². The Kier molecular flexibility index (Phi) is 7.51. The Morgan fingerprint density at radius 3 is 1.33 bits per heavy atom. The molecule has 2 heterocycles. The number of aromatic hydroxyl groups is 4. The highest BCUT2D eigenvalue weighted by Gasteiger charge is 2.22. The lowest BCUT2D eigenvalue weighted by Crippen LogP contribution is -2.14. The molecule has 11 heteroatoms. The Morgan fingerprint density at radius 2 is 0.905 bits per heavy atom. The lowest BCUT2D eigenvalue weighted by atomic mass is 10.1. The zero-order valence-corrected chi connectivity index (χ0v) is 23.4. The second-order valence-corrected chi connectivity index (χ2v) is 11.4. The molecule has 6 aromatic rings. The molecule has 0 fully saturated rings. The van der Waals surface area contributed by atoms with Crippen LogP contribution in [0.25, 0.3) is 21.5 Å². The molecule has 42 heavy (non-hydrogen) atoms. The summed E-state index contributed by atoms with van der Waals surface area (Å²) in [5.74, 6) is -0.366. The van der Waals surface area contributed by atoms with Crippen LogP contribution in [-0.2, 0) is 11.5 Å². The predicted octanol–water partition coefficient (Wildman–Crippen LogP) is 6.21. The van der Waals surface area contributed by atoms with Gasteiger partial charge in [0.05, 0.1) is 11.4 Å². The fourth-order valence-corrected chi connectivity index (χ4v) is 6.20. The van der Waals surface area contributed by atoms with E-state index in [0.29, 0.717) is 22.9 Å². The summed E-state index contributed by atoms with van der Waals surface area (Å²) in [6.07, 6.45) is 6.02. The molecular weight excluding hydrogens is 572 g/mol. The number of ketones is 1. The number of hydrogen-bond acceptors (Lipinski definition) is 11. The van der Waals surface area contributed by atoms with Crippen LogP contribution in [0.15, 0.2) is 95.2 Å². The molecule has 9 nitrogen and oxygen atoms in total. The summed E-state index contributed by atoms with van der Waals surface area (Å²) in [5.41, 5.74) is 1.40. The Bertz CT molecular complexity index is 1850. The molecule has 0 aliphatic heterocycles. The first kappa shape index (κ1) is 27.3. The highest BCUT2D eigenvalue weighted by molar-refractivity contribution is 7.98. The number of phenols is 4. The number of rotatable bonds is 8. The van der Waals surface area contributed by atoms with Crippen LogP contribution in [0.2, 0.25) is 0 Å². The van der Waals surface area contributed by atoms with Crippen molar-refractivity contribution in [2.45, 2.75) is 21.3 Å². The SMILES string of the molecule is O=C(c1nccnc1CSc1ccc2cc(O)c(O)cc2c1)c1nccnc1CSc1ccc2cc(O)c(O)cc2c1. The number of nitrogens with zero attached hydrogens (tertiary/aromatic N) is 4. The van der Waals surface area contributed by atoms with Crippen molar-refractivity contribution >= 4 is 50.9 Å². The van der Waals surface area contributed by atoms with Gasteiger partial charge in [0, 0.05) is 46.1 Å². The van der Waals surface area contributed by atoms with E-state index in [1.807, 2.05) is 36.4 Å². The molecule has 0 spiro atoms. The number of thioether (sulfide) groups is 2. The monoisotopic (exact) mass is 594 g/mol. The van der Waals surface area contributed by atoms with E-state index in [1.54, 1.807) is 12.4 Å². The second kappa shape index (κ2) is 11.6. The third kappa shape index (κ3) is 5.65. The van der Waals surface area contributed by atoms with Crippen LogP contribution < -0.4 is 0 Å². The molecule has 4 N–H and O–H groups in total. The lowest BCUT2D eigenvalue weighted by molar-refractivity contribution is 0.102. The molecule has 0 aliphatic carbocycles. The number of benzene rings is 4. The Balaban J connectivity index is 1.21. The molecule has 0 saturated heterocycles. The molecule has 4 aromatic carbocycles. The number of hydrogen-bond donors (Lipinski definition) is 4. The van der Waals surface area contributed by atoms with Crippen LogP contribution in [-0.4, -0.2) is 46.1 Å². The van der Waals surface area contributed by atoms with Gasteiger partial charge in [0.1, 0.15) is 11.4 Å². The number of carbonyl (C=O) groups is 1. The van der Waals surface area contributed by atoms with Crippen molar-refractivity contribution in [3.05, 3.63) is 108 Å². The van der Waals surface area contributed by atoms with Gasteiger partial charge >= 0.3 is 0 Å². The summed E-state index contributed by atoms with van der Waals surface area (Å²) < 4.78 is 0. The number of carbonyl (C=O) groups excluding carboxylic acids is 1. The summed E-state index contributed by atoms with van der Waals surface area (Å²) in [5, 5.41) is 42.4. The highest BCUT2D eigenvalue weighted by Crippen LogP contribution is 2.35. The van der Waals surface area contributed by atoms with Crippen molar-refractivity contribution in [2.75, 3.05) is 0 Å². The average Bonchev–Trinajstić information content (AvgIpc) is 3.00. The smallest absolute Gasteiger partial charge is 0.233 e. The zero-order valence-electron chi connectivity index (χ0n) is 21.8. The lowest BCUT2D eigenvalue weighted by Gasteiger charge is -2.10. The zero-order chi connectivity index (χ0) is 29.2. The van der Waals surface area contributed by atoms with Crippen LogP contribution in [0.3, 0.4) is 0 Å². The van der Waals surface area contributed by atoms with Gasteiger partial charge in [0.2, 0.25) is 5.78 Å². The van der Waals surface area contributed by atoms with Gasteiger partial charge in [-0.3, -0.25) is 14.8 Å². The number of fused-ring (bicyclic) bond motifs is 2. The van der Waals surface area contributed by atoms with Crippen LogP contribution in [0.5, 0.6) is 23.0 Å². The summed E-state index contributed by atoms with van der Waals surface area (Å²) in [6, 6.07) is 17.3. The average molecular weight is 595 g/mol. The summed E-state index contributed by atoms with van der Waals surface area (Å²) in [4.78, 5) is 33.0. The fraction of sp³-hybridized carbons (Fsp3) is 0.0645. The maximum Gasteiger partial charge on any atom is 0.233 e. The normalized spacial score (nSPS) is 11.2. The van der Waals surface area contributed by atoms with E-state index in [-0.39, 0.29) is 40.2 Å². The highest BCUT2D eigenvalue weighted by atomic mass is 32.2. The maximum absolute atomic E-state index is 13.7. The first-order valence-corrected chi connectivity index (χ1v) is 14.6. The first-order valence-electron chi connectivity index (χ1n) is 12.7. The molecular formula is C31H22N4O5S2. The molecule has 0 bridgehead atoms. The van der Waals surface area contributed by atoms with E-state index < -0.39 is 0 Å². The molecule has 0 saturated carbocycles. The van der Waals surface area contributed by atoms with Gasteiger partial charge in [0.25, 0.3) is 0 Å². The molecule has 0 radical (unpaired) electrons. The van der Waals surface area contributed by atoms with Crippen molar-refractivity contribution in [3.63, 3.8) is 0 Å². The quantitative estimate of drug-likeness (QED) is 0.0905. The van der Waals surface area contributed by atoms with Crippen molar-refractivity contribution < 1.29 is 25.2 Å². The van der Waals surface area contributed by atoms with E-state index in [4.69, 9.17) is 0 Å². The van der Waals surface area contributed by atoms with Gasteiger partial charge < -0.3 is 20.4 Å². The number of aromatic nitrogens is 4. The summed E-state index contributed by atoms with van der Waals surface area (Å²) in [6.45, 7) is 0. The summed E-state index contributed by atoms with van der Waals surface area (Å²) >= 11 is 2.93. The maximum atomic E-state index is 13.7. The van der Waals surface area contributed by atoms with Gasteiger partial charge in [-0.1, -0.05) is 12.1 Å². The van der Waals surface area contributed by atoms with E-state index in [1.165, 1.54) is 60.2 Å². The van der Waals surface area contributed by atoms with Crippen LogP contribution in [0.4, 0.5) is 0 Å². The van der Waals surface area contributed by atoms with Gasteiger partial charge in [-0.05, 0) is 70.1 Å². The second-order valence-electron chi connectivity index (χ2n) is 9.31. The first-order chi connectivity index (χ1) is 20.4. The van der Waals surface area contributed by atoms with Gasteiger partial charge in [-0.2, -0.15) is 0 Å². The van der Waals surface area contributed by atoms with E-state index >= 15 is 0 Å². The molecule has 0 amide bonds. The molecule has 2 aromatic heterocycles. The Hall–Kier alpha value is -4.87. The Labute approximate surface area is 248 Å². The molecule has 0 unspecified atom stereocenters. The molecule has 0 aliphatic rings. The van der Waals surface area contributed by atoms with Crippen molar-refractivity contribution in [3.8, 4) is 23.0 Å².